The molecule has 0 spiro atoms. The van der Waals surface area contributed by atoms with Gasteiger partial charge in [0.1, 0.15) is 11.9 Å². The van der Waals surface area contributed by atoms with Gasteiger partial charge in [-0.25, -0.2) is 19.7 Å². The molecule has 7 heteroatoms. The van der Waals surface area contributed by atoms with E-state index in [4.69, 9.17) is 9.84 Å². The third kappa shape index (κ3) is 3.07. The lowest BCUT2D eigenvalue weighted by molar-refractivity contribution is 0.0690. The molecule has 3 heterocycles. The molecule has 1 fully saturated rings. The maximum atomic E-state index is 10.7. The van der Waals surface area contributed by atoms with E-state index in [0.717, 1.165) is 13.0 Å². The number of anilines is 1. The van der Waals surface area contributed by atoms with Crippen LogP contribution in [0.4, 0.5) is 5.82 Å². The van der Waals surface area contributed by atoms with E-state index in [0.29, 0.717) is 18.2 Å². The van der Waals surface area contributed by atoms with Gasteiger partial charge >= 0.3 is 5.97 Å². The van der Waals surface area contributed by atoms with Crippen LogP contribution in [0.1, 0.15) is 16.9 Å². The zero-order valence-corrected chi connectivity index (χ0v) is 11.2. The molecule has 1 N–H and O–H groups in total. The summed E-state index contributed by atoms with van der Waals surface area (Å²) in [4.78, 5) is 24.9. The summed E-state index contributed by atoms with van der Waals surface area (Å²) in [5.41, 5.74) is -0.0563. The van der Waals surface area contributed by atoms with Crippen molar-refractivity contribution in [2.45, 2.75) is 12.5 Å². The predicted molar refractivity (Wildman–Crippen MR) is 74.5 cm³/mol. The highest BCUT2D eigenvalue weighted by Crippen LogP contribution is 2.20. The minimum atomic E-state index is -1.08. The zero-order valence-electron chi connectivity index (χ0n) is 11.2. The molecule has 21 heavy (non-hydrogen) atoms. The van der Waals surface area contributed by atoms with Crippen molar-refractivity contribution in [1.29, 1.82) is 0 Å². The summed E-state index contributed by atoms with van der Waals surface area (Å²) in [6, 6.07) is 5.54. The lowest BCUT2D eigenvalue weighted by Gasteiger charge is -2.17. The van der Waals surface area contributed by atoms with E-state index in [1.807, 2.05) is 23.1 Å². The Bertz CT molecular complexity index is 618. The average molecular weight is 286 g/mol. The molecule has 108 valence electrons. The summed E-state index contributed by atoms with van der Waals surface area (Å²) in [6.45, 7) is 1.47. The number of carboxylic acids is 1. The van der Waals surface area contributed by atoms with Gasteiger partial charge in [0.05, 0.1) is 18.9 Å². The molecule has 0 bridgehead atoms. The predicted octanol–water partition coefficient (Wildman–Crippen LogP) is 1.23. The molecular weight excluding hydrogens is 272 g/mol. The van der Waals surface area contributed by atoms with Crippen molar-refractivity contribution in [3.63, 3.8) is 0 Å². The first-order valence-corrected chi connectivity index (χ1v) is 6.60. The summed E-state index contributed by atoms with van der Waals surface area (Å²) in [7, 11) is 0. The Morgan fingerprint density at radius 2 is 2.19 bits per heavy atom. The lowest BCUT2D eigenvalue weighted by Crippen LogP contribution is -2.25. The van der Waals surface area contributed by atoms with Crippen molar-refractivity contribution in [1.82, 2.24) is 15.0 Å². The van der Waals surface area contributed by atoms with Crippen LogP contribution in [0, 0.1) is 0 Å². The topological polar surface area (TPSA) is 88.4 Å². The monoisotopic (exact) mass is 286 g/mol. The van der Waals surface area contributed by atoms with Gasteiger partial charge in [0.2, 0.25) is 5.88 Å². The Morgan fingerprint density at radius 1 is 1.29 bits per heavy atom. The molecule has 1 aliphatic heterocycles. The standard InChI is InChI=1S/C14H14N4O3/c19-14(20)11-7-17-12(8-16-11)18-6-4-10(9-18)21-13-3-1-2-5-15-13/h1-3,5,7-8,10H,4,6,9H2,(H,19,20). The summed E-state index contributed by atoms with van der Waals surface area (Å²) in [6.07, 6.45) is 5.34. The first kappa shape index (κ1) is 13.3. The third-order valence-corrected chi connectivity index (χ3v) is 3.25. The van der Waals surface area contributed by atoms with Gasteiger partial charge < -0.3 is 14.7 Å². The number of ether oxygens (including phenoxy) is 1. The highest BCUT2D eigenvalue weighted by molar-refractivity contribution is 5.84. The van der Waals surface area contributed by atoms with Crippen molar-refractivity contribution in [2.75, 3.05) is 18.0 Å². The van der Waals surface area contributed by atoms with Crippen molar-refractivity contribution < 1.29 is 14.6 Å². The van der Waals surface area contributed by atoms with Crippen LogP contribution < -0.4 is 9.64 Å². The van der Waals surface area contributed by atoms with Crippen LogP contribution in [0.2, 0.25) is 0 Å². The quantitative estimate of drug-likeness (QED) is 0.904. The molecule has 1 saturated heterocycles. The Balaban J connectivity index is 1.62. The second-order valence-corrected chi connectivity index (χ2v) is 4.71. The van der Waals surface area contributed by atoms with E-state index in [9.17, 15) is 4.79 Å². The SMILES string of the molecule is O=C(O)c1cnc(N2CCC(Oc3ccccn3)C2)cn1. The maximum Gasteiger partial charge on any atom is 0.356 e. The number of hydrogen-bond donors (Lipinski definition) is 1. The zero-order chi connectivity index (χ0) is 14.7. The van der Waals surface area contributed by atoms with Gasteiger partial charge in [-0.1, -0.05) is 6.07 Å². The van der Waals surface area contributed by atoms with Crippen molar-refractivity contribution in [3.8, 4) is 5.88 Å². The number of aromatic carboxylic acids is 1. The molecule has 7 nitrogen and oxygen atoms in total. The number of carboxylic acid groups (broad SMARTS) is 1. The van der Waals surface area contributed by atoms with E-state index in [1.54, 1.807) is 6.20 Å². The molecule has 1 unspecified atom stereocenters. The molecule has 3 rings (SSSR count). The molecule has 0 saturated carbocycles. The largest absolute Gasteiger partial charge is 0.476 e. The second kappa shape index (κ2) is 5.74. The van der Waals surface area contributed by atoms with Crippen LogP contribution in [-0.2, 0) is 0 Å². The molecular formula is C14H14N4O3. The highest BCUT2D eigenvalue weighted by Gasteiger charge is 2.25. The van der Waals surface area contributed by atoms with Crippen molar-refractivity contribution in [2.24, 2.45) is 0 Å². The van der Waals surface area contributed by atoms with Crippen molar-refractivity contribution in [3.05, 3.63) is 42.5 Å². The minimum absolute atomic E-state index is 0.0425. The highest BCUT2D eigenvalue weighted by atomic mass is 16.5. The summed E-state index contributed by atoms with van der Waals surface area (Å²) < 4.78 is 5.79. The van der Waals surface area contributed by atoms with Gasteiger partial charge in [0.15, 0.2) is 5.69 Å². The van der Waals surface area contributed by atoms with Crippen LogP contribution in [0.3, 0.4) is 0 Å². The molecule has 2 aromatic heterocycles. The van der Waals surface area contributed by atoms with E-state index >= 15 is 0 Å². The Morgan fingerprint density at radius 3 is 2.86 bits per heavy atom. The van der Waals surface area contributed by atoms with E-state index in [2.05, 4.69) is 15.0 Å². The van der Waals surface area contributed by atoms with Crippen LogP contribution in [0.5, 0.6) is 5.88 Å². The Kier molecular flexibility index (Phi) is 3.63. The second-order valence-electron chi connectivity index (χ2n) is 4.71. The van der Waals surface area contributed by atoms with Gasteiger partial charge in [-0.2, -0.15) is 0 Å². The van der Waals surface area contributed by atoms with E-state index in [-0.39, 0.29) is 11.8 Å². The molecule has 2 aromatic rings. The van der Waals surface area contributed by atoms with Crippen molar-refractivity contribution >= 4 is 11.8 Å². The summed E-state index contributed by atoms with van der Waals surface area (Å²) in [5, 5.41) is 8.80. The third-order valence-electron chi connectivity index (χ3n) is 3.25. The number of carbonyl (C=O) groups is 1. The van der Waals surface area contributed by atoms with Gasteiger partial charge in [0.25, 0.3) is 0 Å². The number of hydrogen-bond acceptors (Lipinski definition) is 6. The van der Waals surface area contributed by atoms with Gasteiger partial charge in [-0.3, -0.25) is 0 Å². The molecule has 0 aliphatic carbocycles. The van der Waals surface area contributed by atoms with E-state index in [1.165, 1.54) is 12.4 Å². The average Bonchev–Trinajstić information content (AvgIpc) is 2.97. The van der Waals surface area contributed by atoms with Crippen LogP contribution in [-0.4, -0.2) is 45.2 Å². The minimum Gasteiger partial charge on any atom is -0.476 e. The normalized spacial score (nSPS) is 17.7. The Hall–Kier alpha value is -2.70. The number of aromatic nitrogens is 3. The molecule has 0 aromatic carbocycles. The Labute approximate surface area is 121 Å². The van der Waals surface area contributed by atoms with Crippen LogP contribution >= 0.6 is 0 Å². The van der Waals surface area contributed by atoms with Gasteiger partial charge in [-0.15, -0.1) is 0 Å². The van der Waals surface area contributed by atoms with E-state index < -0.39 is 5.97 Å². The molecule has 1 aliphatic rings. The fourth-order valence-corrected chi connectivity index (χ4v) is 2.22. The fourth-order valence-electron chi connectivity index (χ4n) is 2.22. The number of nitrogens with zero attached hydrogens (tertiary/aromatic N) is 4. The fraction of sp³-hybridized carbons (Fsp3) is 0.286. The molecule has 1 atom stereocenters. The first-order valence-electron chi connectivity index (χ1n) is 6.60. The summed E-state index contributed by atoms with van der Waals surface area (Å²) >= 11 is 0. The summed E-state index contributed by atoms with van der Waals surface area (Å²) in [5.74, 6) is 0.190. The molecule has 0 radical (unpaired) electrons. The van der Waals surface area contributed by atoms with Gasteiger partial charge in [-0.05, 0) is 6.07 Å². The van der Waals surface area contributed by atoms with Gasteiger partial charge in [0, 0.05) is 25.2 Å². The first-order chi connectivity index (χ1) is 10.2. The number of rotatable bonds is 4. The maximum absolute atomic E-state index is 10.7. The lowest BCUT2D eigenvalue weighted by atomic mass is 10.3. The number of pyridine rings is 1. The smallest absolute Gasteiger partial charge is 0.356 e. The van der Waals surface area contributed by atoms with Crippen LogP contribution in [0.25, 0.3) is 0 Å². The molecule has 0 amide bonds. The van der Waals surface area contributed by atoms with Crippen LogP contribution in [0.15, 0.2) is 36.8 Å².